The van der Waals surface area contributed by atoms with Gasteiger partial charge in [-0.05, 0) is 37.8 Å². The molecule has 1 aliphatic carbocycles. The lowest BCUT2D eigenvalue weighted by Gasteiger charge is -2.26. The average Bonchev–Trinajstić information content (AvgIpc) is 3.19. The van der Waals surface area contributed by atoms with Gasteiger partial charge in [0.15, 0.2) is 11.6 Å². The van der Waals surface area contributed by atoms with Gasteiger partial charge in [0.25, 0.3) is 0 Å². The summed E-state index contributed by atoms with van der Waals surface area (Å²) in [7, 11) is 0. The third-order valence-corrected chi connectivity index (χ3v) is 3.41. The van der Waals surface area contributed by atoms with E-state index in [1.807, 2.05) is 0 Å². The van der Waals surface area contributed by atoms with Crippen molar-refractivity contribution in [1.82, 2.24) is 5.32 Å². The van der Waals surface area contributed by atoms with Gasteiger partial charge in [-0.3, -0.25) is 0 Å². The summed E-state index contributed by atoms with van der Waals surface area (Å²) in [5, 5.41) is 13.6. The fourth-order valence-electron chi connectivity index (χ4n) is 1.98. The van der Waals surface area contributed by atoms with E-state index >= 15 is 0 Å². The zero-order chi connectivity index (χ0) is 14.9. The van der Waals surface area contributed by atoms with E-state index < -0.39 is 29.2 Å². The number of benzene rings is 1. The van der Waals surface area contributed by atoms with Crippen LogP contribution in [-0.4, -0.2) is 22.6 Å². The Balaban J connectivity index is 2.09. The van der Waals surface area contributed by atoms with Crippen molar-refractivity contribution < 1.29 is 23.5 Å². The molecule has 1 aromatic rings. The summed E-state index contributed by atoms with van der Waals surface area (Å²) < 4.78 is 26.4. The number of urea groups is 1. The van der Waals surface area contributed by atoms with Gasteiger partial charge in [0.1, 0.15) is 5.54 Å². The maximum absolute atomic E-state index is 13.4. The third kappa shape index (κ3) is 2.71. The number of rotatable bonds is 4. The molecule has 1 fully saturated rings. The standard InChI is InChI=1S/C13H14F2N2O3/c1-13(11(18)19,7-5-6-7)17-12(20)16-9-4-2-3-8(14)10(9)15/h2-4,7H,5-6H2,1H3,(H,18,19)(H2,16,17,20). The summed E-state index contributed by atoms with van der Waals surface area (Å²) in [6.07, 6.45) is 1.41. The van der Waals surface area contributed by atoms with Crippen molar-refractivity contribution >= 4 is 17.7 Å². The van der Waals surface area contributed by atoms with E-state index in [0.717, 1.165) is 6.07 Å². The van der Waals surface area contributed by atoms with Crippen LogP contribution < -0.4 is 10.6 Å². The number of carboxylic acids is 1. The Labute approximate surface area is 114 Å². The number of anilines is 1. The summed E-state index contributed by atoms with van der Waals surface area (Å²) in [6.45, 7) is 1.40. The maximum atomic E-state index is 13.4. The van der Waals surface area contributed by atoms with Crippen molar-refractivity contribution in [2.45, 2.75) is 25.3 Å². The zero-order valence-electron chi connectivity index (χ0n) is 10.7. The first-order chi connectivity index (χ1) is 9.34. The molecular weight excluding hydrogens is 270 g/mol. The summed E-state index contributed by atoms with van der Waals surface area (Å²) >= 11 is 0. The summed E-state index contributed by atoms with van der Waals surface area (Å²) in [4.78, 5) is 23.0. The second kappa shape index (κ2) is 5.07. The summed E-state index contributed by atoms with van der Waals surface area (Å²) in [6, 6.07) is 2.47. The van der Waals surface area contributed by atoms with Crippen LogP contribution in [0.4, 0.5) is 19.3 Å². The molecule has 0 bridgehead atoms. The molecule has 0 heterocycles. The Morgan fingerprint density at radius 2 is 2.00 bits per heavy atom. The average molecular weight is 284 g/mol. The van der Waals surface area contributed by atoms with E-state index in [4.69, 9.17) is 0 Å². The highest BCUT2D eigenvalue weighted by atomic mass is 19.2. The van der Waals surface area contributed by atoms with Crippen molar-refractivity contribution in [3.8, 4) is 0 Å². The second-order valence-electron chi connectivity index (χ2n) is 4.96. The summed E-state index contributed by atoms with van der Waals surface area (Å²) in [5.74, 6) is -3.59. The van der Waals surface area contributed by atoms with Gasteiger partial charge >= 0.3 is 12.0 Å². The monoisotopic (exact) mass is 284 g/mol. The minimum atomic E-state index is -1.41. The van der Waals surface area contributed by atoms with Crippen LogP contribution in [0.2, 0.25) is 0 Å². The van der Waals surface area contributed by atoms with Gasteiger partial charge in [0.05, 0.1) is 5.69 Å². The lowest BCUT2D eigenvalue weighted by atomic mass is 9.96. The molecule has 1 aliphatic rings. The first-order valence-corrected chi connectivity index (χ1v) is 6.11. The van der Waals surface area contributed by atoms with E-state index in [0.29, 0.717) is 12.8 Å². The van der Waals surface area contributed by atoms with Crippen LogP contribution in [0.25, 0.3) is 0 Å². The van der Waals surface area contributed by atoms with Crippen molar-refractivity contribution in [1.29, 1.82) is 0 Å². The quantitative estimate of drug-likeness (QED) is 0.794. The number of aliphatic carboxylic acids is 1. The maximum Gasteiger partial charge on any atom is 0.329 e. The van der Waals surface area contributed by atoms with Crippen molar-refractivity contribution in [2.75, 3.05) is 5.32 Å². The van der Waals surface area contributed by atoms with Crippen LogP contribution >= 0.6 is 0 Å². The SMILES string of the molecule is CC(NC(=O)Nc1cccc(F)c1F)(C(=O)O)C1CC1. The summed E-state index contributed by atoms with van der Waals surface area (Å²) in [5.41, 5.74) is -1.75. The second-order valence-corrected chi connectivity index (χ2v) is 4.96. The van der Waals surface area contributed by atoms with Gasteiger partial charge in [0, 0.05) is 0 Å². The minimum Gasteiger partial charge on any atom is -0.480 e. The molecule has 0 aromatic heterocycles. The highest BCUT2D eigenvalue weighted by molar-refractivity contribution is 5.94. The van der Waals surface area contributed by atoms with Crippen LogP contribution in [0.5, 0.6) is 0 Å². The number of carbonyl (C=O) groups excluding carboxylic acids is 1. The highest BCUT2D eigenvalue weighted by Gasteiger charge is 2.48. The van der Waals surface area contributed by atoms with Gasteiger partial charge in [-0.2, -0.15) is 0 Å². The molecule has 0 aliphatic heterocycles. The predicted molar refractivity (Wildman–Crippen MR) is 67.3 cm³/mol. The van der Waals surface area contributed by atoms with E-state index in [9.17, 15) is 23.5 Å². The normalized spacial score (nSPS) is 17.1. The van der Waals surface area contributed by atoms with Crippen LogP contribution in [-0.2, 0) is 4.79 Å². The molecule has 0 spiro atoms. The molecule has 1 aromatic carbocycles. The molecule has 5 nitrogen and oxygen atoms in total. The molecule has 20 heavy (non-hydrogen) atoms. The van der Waals surface area contributed by atoms with Crippen molar-refractivity contribution in [3.05, 3.63) is 29.8 Å². The van der Waals surface area contributed by atoms with Gasteiger partial charge in [-0.1, -0.05) is 6.07 Å². The Bertz CT molecular complexity index is 561. The minimum absolute atomic E-state index is 0.150. The van der Waals surface area contributed by atoms with Gasteiger partial charge in [0.2, 0.25) is 0 Å². The molecular formula is C13H14F2N2O3. The molecule has 0 saturated heterocycles. The largest absolute Gasteiger partial charge is 0.480 e. The molecule has 1 unspecified atom stereocenters. The number of halogens is 2. The smallest absolute Gasteiger partial charge is 0.329 e. The number of carboxylic acid groups (broad SMARTS) is 1. The Morgan fingerprint density at radius 1 is 1.35 bits per heavy atom. The number of hydrogen-bond donors (Lipinski definition) is 3. The van der Waals surface area contributed by atoms with E-state index in [1.54, 1.807) is 0 Å². The molecule has 7 heteroatoms. The Hall–Kier alpha value is -2.18. The van der Waals surface area contributed by atoms with Crippen molar-refractivity contribution in [3.63, 3.8) is 0 Å². The van der Waals surface area contributed by atoms with Gasteiger partial charge < -0.3 is 15.7 Å². The molecule has 2 amide bonds. The topological polar surface area (TPSA) is 78.4 Å². The Morgan fingerprint density at radius 3 is 2.55 bits per heavy atom. The number of hydrogen-bond acceptors (Lipinski definition) is 2. The van der Waals surface area contributed by atoms with Crippen molar-refractivity contribution in [2.24, 2.45) is 5.92 Å². The third-order valence-electron chi connectivity index (χ3n) is 3.41. The first-order valence-electron chi connectivity index (χ1n) is 6.11. The lowest BCUT2D eigenvalue weighted by molar-refractivity contribution is -0.144. The molecule has 108 valence electrons. The fourth-order valence-corrected chi connectivity index (χ4v) is 1.98. The van der Waals surface area contributed by atoms with Gasteiger partial charge in [-0.25, -0.2) is 18.4 Å². The zero-order valence-corrected chi connectivity index (χ0v) is 10.7. The molecule has 1 saturated carbocycles. The molecule has 2 rings (SSSR count). The van der Waals surface area contributed by atoms with E-state index in [2.05, 4.69) is 10.6 Å². The molecule has 0 radical (unpaired) electrons. The van der Waals surface area contributed by atoms with Gasteiger partial charge in [-0.15, -0.1) is 0 Å². The number of amides is 2. The molecule has 3 N–H and O–H groups in total. The van der Waals surface area contributed by atoms with E-state index in [-0.39, 0.29) is 11.6 Å². The van der Waals surface area contributed by atoms with Crippen LogP contribution in [0, 0.1) is 17.6 Å². The Kier molecular flexibility index (Phi) is 3.61. The molecule has 1 atom stereocenters. The fraction of sp³-hybridized carbons (Fsp3) is 0.385. The lowest BCUT2D eigenvalue weighted by Crippen LogP contribution is -2.55. The number of carbonyl (C=O) groups is 2. The highest BCUT2D eigenvalue weighted by Crippen LogP contribution is 2.39. The van der Waals surface area contributed by atoms with E-state index in [1.165, 1.54) is 19.1 Å². The number of nitrogens with one attached hydrogen (secondary N) is 2. The van der Waals surface area contributed by atoms with Crippen LogP contribution in [0.3, 0.4) is 0 Å². The first kappa shape index (κ1) is 14.2. The van der Waals surface area contributed by atoms with Crippen LogP contribution in [0.1, 0.15) is 19.8 Å². The predicted octanol–water partition coefficient (Wildman–Crippen LogP) is 2.34. The van der Waals surface area contributed by atoms with Crippen LogP contribution in [0.15, 0.2) is 18.2 Å².